The second kappa shape index (κ2) is 5.09. The van der Waals surface area contributed by atoms with E-state index in [1.54, 1.807) is 18.5 Å². The van der Waals surface area contributed by atoms with E-state index in [1.807, 2.05) is 0 Å². The number of rotatable bonds is 4. The van der Waals surface area contributed by atoms with Crippen LogP contribution in [0.2, 0.25) is 0 Å². The van der Waals surface area contributed by atoms with Crippen molar-refractivity contribution in [1.29, 1.82) is 0 Å². The molecule has 2 aromatic heterocycles. The van der Waals surface area contributed by atoms with Gasteiger partial charge in [0.1, 0.15) is 6.33 Å². The van der Waals surface area contributed by atoms with Gasteiger partial charge in [-0.2, -0.15) is 0 Å². The lowest BCUT2D eigenvalue weighted by Crippen LogP contribution is -2.03. The lowest BCUT2D eigenvalue weighted by atomic mass is 10.3. The van der Waals surface area contributed by atoms with Gasteiger partial charge in [0.15, 0.2) is 14.9 Å². The Morgan fingerprint density at radius 2 is 1.89 bits per heavy atom. The van der Waals surface area contributed by atoms with Gasteiger partial charge in [0, 0.05) is 30.8 Å². The van der Waals surface area contributed by atoms with Crippen LogP contribution in [0.4, 0.5) is 5.69 Å². The predicted molar refractivity (Wildman–Crippen MR) is 66.7 cm³/mol. The summed E-state index contributed by atoms with van der Waals surface area (Å²) in [5.74, 6) is 0. The molecule has 0 spiro atoms. The fourth-order valence-corrected chi connectivity index (χ4v) is 1.89. The summed E-state index contributed by atoms with van der Waals surface area (Å²) >= 11 is 0. The maximum absolute atomic E-state index is 11.2. The summed E-state index contributed by atoms with van der Waals surface area (Å²) in [6, 6.07) is 3.15. The van der Waals surface area contributed by atoms with Gasteiger partial charge in [0.05, 0.1) is 11.9 Å². The average molecular weight is 264 g/mol. The minimum atomic E-state index is -3.25. The third-order valence-corrected chi connectivity index (χ3v) is 3.23. The number of aromatic nitrogens is 3. The Kier molecular flexibility index (Phi) is 3.52. The van der Waals surface area contributed by atoms with E-state index in [-0.39, 0.29) is 5.03 Å². The van der Waals surface area contributed by atoms with E-state index in [9.17, 15) is 8.42 Å². The molecule has 0 aliphatic heterocycles. The normalized spacial score (nSPS) is 11.2. The van der Waals surface area contributed by atoms with Gasteiger partial charge >= 0.3 is 0 Å². The Labute approximate surface area is 105 Å². The van der Waals surface area contributed by atoms with Crippen LogP contribution in [0.15, 0.2) is 42.1 Å². The van der Waals surface area contributed by atoms with Crippen LogP contribution in [0.3, 0.4) is 0 Å². The highest BCUT2D eigenvalue weighted by atomic mass is 32.2. The molecule has 0 fully saturated rings. The molecule has 0 aliphatic rings. The van der Waals surface area contributed by atoms with Gasteiger partial charge in [-0.3, -0.25) is 0 Å². The predicted octanol–water partition coefficient (Wildman–Crippen LogP) is 0.887. The summed E-state index contributed by atoms with van der Waals surface area (Å²) in [5.41, 5.74) is 1.68. The van der Waals surface area contributed by atoms with Crippen molar-refractivity contribution in [2.45, 2.75) is 11.6 Å². The monoisotopic (exact) mass is 264 g/mol. The molecular weight excluding hydrogens is 252 g/mol. The fraction of sp³-hybridized carbons (Fsp3) is 0.182. The molecule has 0 atom stereocenters. The van der Waals surface area contributed by atoms with E-state index < -0.39 is 9.84 Å². The highest BCUT2D eigenvalue weighted by Crippen LogP contribution is 2.11. The Balaban J connectivity index is 2.03. The Bertz CT molecular complexity index is 611. The number of nitrogens with zero attached hydrogens (tertiary/aromatic N) is 3. The van der Waals surface area contributed by atoms with Crippen molar-refractivity contribution in [2.24, 2.45) is 0 Å². The first-order valence-electron chi connectivity index (χ1n) is 5.19. The van der Waals surface area contributed by atoms with Gasteiger partial charge < -0.3 is 5.32 Å². The third-order valence-electron chi connectivity index (χ3n) is 2.23. The average Bonchev–Trinajstić information content (AvgIpc) is 2.37. The van der Waals surface area contributed by atoms with E-state index in [0.29, 0.717) is 6.54 Å². The molecule has 0 bridgehead atoms. The number of hydrogen-bond acceptors (Lipinski definition) is 6. The maximum Gasteiger partial charge on any atom is 0.192 e. The molecule has 6 nitrogen and oxygen atoms in total. The standard InChI is InChI=1S/C11H12N4O2S/c1-18(16,17)11-3-2-10(7-15-11)14-6-9-4-12-8-13-5-9/h2-5,7-8,14H,6H2,1H3. The topological polar surface area (TPSA) is 84.8 Å². The van der Waals surface area contributed by atoms with Crippen molar-refractivity contribution in [3.8, 4) is 0 Å². The first-order chi connectivity index (χ1) is 8.55. The molecule has 2 aromatic rings. The molecule has 1 N–H and O–H groups in total. The Morgan fingerprint density at radius 1 is 1.17 bits per heavy atom. The number of sulfone groups is 1. The van der Waals surface area contributed by atoms with Crippen LogP contribution in [-0.2, 0) is 16.4 Å². The number of pyridine rings is 1. The Morgan fingerprint density at radius 3 is 2.44 bits per heavy atom. The van der Waals surface area contributed by atoms with Crippen LogP contribution < -0.4 is 5.32 Å². The zero-order valence-electron chi connectivity index (χ0n) is 9.74. The fourth-order valence-electron chi connectivity index (χ4n) is 1.33. The number of nitrogens with one attached hydrogen (secondary N) is 1. The van der Waals surface area contributed by atoms with Crippen molar-refractivity contribution < 1.29 is 8.42 Å². The largest absolute Gasteiger partial charge is 0.380 e. The summed E-state index contributed by atoms with van der Waals surface area (Å²) < 4.78 is 22.4. The van der Waals surface area contributed by atoms with Crippen molar-refractivity contribution in [1.82, 2.24) is 15.0 Å². The first kappa shape index (κ1) is 12.4. The summed E-state index contributed by atoms with van der Waals surface area (Å²) in [6.07, 6.45) is 7.49. The zero-order chi connectivity index (χ0) is 13.0. The third kappa shape index (κ3) is 3.24. The van der Waals surface area contributed by atoms with Crippen LogP contribution in [0.5, 0.6) is 0 Å². The number of hydrogen-bond donors (Lipinski definition) is 1. The summed E-state index contributed by atoms with van der Waals surface area (Å²) in [4.78, 5) is 11.7. The molecule has 0 aromatic carbocycles. The Hall–Kier alpha value is -2.02. The van der Waals surface area contributed by atoms with Crippen molar-refractivity contribution in [3.05, 3.63) is 42.6 Å². The van der Waals surface area contributed by atoms with Crippen LogP contribution in [0.1, 0.15) is 5.56 Å². The van der Waals surface area contributed by atoms with Crippen molar-refractivity contribution >= 4 is 15.5 Å². The van der Waals surface area contributed by atoms with E-state index in [4.69, 9.17) is 0 Å². The lowest BCUT2D eigenvalue weighted by molar-refractivity contribution is 0.598. The lowest BCUT2D eigenvalue weighted by Gasteiger charge is -2.05. The van der Waals surface area contributed by atoms with Crippen LogP contribution in [0, 0.1) is 0 Å². The summed E-state index contributed by atoms with van der Waals surface area (Å²) in [5, 5.41) is 3.17. The summed E-state index contributed by atoms with van der Waals surface area (Å²) in [6.45, 7) is 0.556. The minimum Gasteiger partial charge on any atom is -0.380 e. The van der Waals surface area contributed by atoms with Gasteiger partial charge in [-0.15, -0.1) is 0 Å². The van der Waals surface area contributed by atoms with Crippen molar-refractivity contribution in [3.63, 3.8) is 0 Å². The molecule has 18 heavy (non-hydrogen) atoms. The summed E-state index contributed by atoms with van der Waals surface area (Å²) in [7, 11) is -3.25. The van der Waals surface area contributed by atoms with Crippen molar-refractivity contribution in [2.75, 3.05) is 11.6 Å². The van der Waals surface area contributed by atoms with E-state index in [0.717, 1.165) is 17.5 Å². The second-order valence-corrected chi connectivity index (χ2v) is 5.72. The smallest absolute Gasteiger partial charge is 0.192 e. The van der Waals surface area contributed by atoms with Gasteiger partial charge in [-0.25, -0.2) is 23.4 Å². The highest BCUT2D eigenvalue weighted by Gasteiger charge is 2.07. The maximum atomic E-state index is 11.2. The molecule has 0 aliphatic carbocycles. The molecule has 2 heterocycles. The second-order valence-electron chi connectivity index (χ2n) is 3.76. The quantitative estimate of drug-likeness (QED) is 0.882. The van der Waals surface area contributed by atoms with Gasteiger partial charge in [0.2, 0.25) is 0 Å². The molecular formula is C11H12N4O2S. The molecule has 0 radical (unpaired) electrons. The molecule has 0 saturated carbocycles. The van der Waals surface area contributed by atoms with Gasteiger partial charge in [-0.05, 0) is 12.1 Å². The molecule has 0 saturated heterocycles. The highest BCUT2D eigenvalue weighted by molar-refractivity contribution is 7.90. The van der Waals surface area contributed by atoms with Crippen LogP contribution in [0.25, 0.3) is 0 Å². The van der Waals surface area contributed by atoms with Crippen LogP contribution in [-0.4, -0.2) is 29.6 Å². The minimum absolute atomic E-state index is 0.0658. The number of anilines is 1. The molecule has 7 heteroatoms. The van der Waals surface area contributed by atoms with Gasteiger partial charge in [-0.1, -0.05) is 0 Å². The SMILES string of the molecule is CS(=O)(=O)c1ccc(NCc2cncnc2)cn1. The first-order valence-corrected chi connectivity index (χ1v) is 7.09. The molecule has 94 valence electrons. The van der Waals surface area contributed by atoms with E-state index in [2.05, 4.69) is 20.3 Å². The van der Waals surface area contributed by atoms with E-state index in [1.165, 1.54) is 18.6 Å². The van der Waals surface area contributed by atoms with Crippen LogP contribution >= 0.6 is 0 Å². The van der Waals surface area contributed by atoms with Gasteiger partial charge in [0.25, 0.3) is 0 Å². The van der Waals surface area contributed by atoms with E-state index >= 15 is 0 Å². The molecule has 0 amide bonds. The molecule has 0 unspecified atom stereocenters. The zero-order valence-corrected chi connectivity index (χ0v) is 10.6. The molecule has 2 rings (SSSR count).